The lowest BCUT2D eigenvalue weighted by Gasteiger charge is -2.07. The maximum Gasteiger partial charge on any atom is 0.210 e. The zero-order valence-corrected chi connectivity index (χ0v) is 10.8. The van der Waals surface area contributed by atoms with E-state index in [2.05, 4.69) is 6.92 Å². The third-order valence-electron chi connectivity index (χ3n) is 2.61. The fourth-order valence-electron chi connectivity index (χ4n) is 1.77. The van der Waals surface area contributed by atoms with Gasteiger partial charge < -0.3 is 4.57 Å². The number of nitrogens with zero attached hydrogens (tertiary/aromatic N) is 1. The molecule has 0 atom stereocenters. The van der Waals surface area contributed by atoms with E-state index in [1.54, 1.807) is 11.8 Å². The normalized spacial score (nSPS) is 10.5. The minimum Gasteiger partial charge on any atom is -0.348 e. The number of benzene rings is 1. The van der Waals surface area contributed by atoms with Crippen LogP contribution in [0.25, 0.3) is 0 Å². The molecule has 0 aliphatic carbocycles. The van der Waals surface area contributed by atoms with Gasteiger partial charge >= 0.3 is 0 Å². The van der Waals surface area contributed by atoms with Crippen molar-refractivity contribution in [3.05, 3.63) is 53.9 Å². The van der Waals surface area contributed by atoms with Crippen molar-refractivity contribution in [3.63, 3.8) is 0 Å². The Morgan fingerprint density at radius 1 is 1.24 bits per heavy atom. The highest BCUT2D eigenvalue weighted by molar-refractivity contribution is 7.99. The second-order valence-corrected chi connectivity index (χ2v) is 5.07. The van der Waals surface area contributed by atoms with Gasteiger partial charge in [0.2, 0.25) is 5.78 Å². The summed E-state index contributed by atoms with van der Waals surface area (Å²) < 4.78 is 1.86. The van der Waals surface area contributed by atoms with Gasteiger partial charge in [-0.25, -0.2) is 0 Å². The molecule has 0 spiro atoms. The molecule has 0 bridgehead atoms. The average Bonchev–Trinajstić information content (AvgIpc) is 2.76. The molecular formula is C14H15NOS. The topological polar surface area (TPSA) is 22.0 Å². The molecule has 0 aliphatic rings. The van der Waals surface area contributed by atoms with Gasteiger partial charge in [0.15, 0.2) is 0 Å². The number of thioether (sulfide) groups is 1. The number of hydrogen-bond donors (Lipinski definition) is 0. The SMILES string of the molecule is CCSc1ccccc1C(=O)c1cccn1C. The molecular weight excluding hydrogens is 230 g/mol. The van der Waals surface area contributed by atoms with Gasteiger partial charge in [-0.3, -0.25) is 4.79 Å². The van der Waals surface area contributed by atoms with Crippen LogP contribution in [0.1, 0.15) is 23.0 Å². The van der Waals surface area contributed by atoms with Crippen molar-refractivity contribution in [2.75, 3.05) is 5.75 Å². The first kappa shape index (κ1) is 12.0. The summed E-state index contributed by atoms with van der Waals surface area (Å²) in [6.45, 7) is 2.09. The molecule has 2 rings (SSSR count). The van der Waals surface area contributed by atoms with E-state index in [4.69, 9.17) is 0 Å². The molecule has 2 nitrogen and oxygen atoms in total. The molecule has 1 aromatic carbocycles. The lowest BCUT2D eigenvalue weighted by molar-refractivity contribution is 0.102. The molecule has 17 heavy (non-hydrogen) atoms. The molecule has 3 heteroatoms. The van der Waals surface area contributed by atoms with Crippen molar-refractivity contribution in [2.45, 2.75) is 11.8 Å². The predicted molar refractivity (Wildman–Crippen MR) is 71.7 cm³/mol. The van der Waals surface area contributed by atoms with Crippen LogP contribution in [0.3, 0.4) is 0 Å². The summed E-state index contributed by atoms with van der Waals surface area (Å²) in [5.74, 6) is 1.06. The number of carbonyl (C=O) groups excluding carboxylic acids is 1. The molecule has 0 N–H and O–H groups in total. The van der Waals surface area contributed by atoms with Gasteiger partial charge in [-0.05, 0) is 30.0 Å². The summed E-state index contributed by atoms with van der Waals surface area (Å²) in [7, 11) is 1.89. The van der Waals surface area contributed by atoms with Gasteiger partial charge in [-0.2, -0.15) is 0 Å². The molecule has 0 saturated carbocycles. The zero-order valence-electron chi connectivity index (χ0n) is 10.0. The molecule has 2 aromatic rings. The zero-order chi connectivity index (χ0) is 12.3. The van der Waals surface area contributed by atoms with E-state index < -0.39 is 0 Å². The largest absolute Gasteiger partial charge is 0.348 e. The van der Waals surface area contributed by atoms with Crippen molar-refractivity contribution < 1.29 is 4.79 Å². The van der Waals surface area contributed by atoms with Gasteiger partial charge in [-0.15, -0.1) is 11.8 Å². The van der Waals surface area contributed by atoms with Gasteiger partial charge in [0.05, 0.1) is 5.69 Å². The van der Waals surface area contributed by atoms with Crippen molar-refractivity contribution >= 4 is 17.5 Å². The number of aromatic nitrogens is 1. The molecule has 1 aromatic heterocycles. The monoisotopic (exact) mass is 245 g/mol. The van der Waals surface area contributed by atoms with E-state index in [-0.39, 0.29) is 5.78 Å². The van der Waals surface area contributed by atoms with Gasteiger partial charge in [0.25, 0.3) is 0 Å². The van der Waals surface area contributed by atoms with Crippen molar-refractivity contribution in [1.29, 1.82) is 0 Å². The van der Waals surface area contributed by atoms with E-state index in [9.17, 15) is 4.79 Å². The lowest BCUT2D eigenvalue weighted by Crippen LogP contribution is -2.07. The number of carbonyl (C=O) groups is 1. The number of rotatable bonds is 4. The third kappa shape index (κ3) is 2.44. The highest BCUT2D eigenvalue weighted by atomic mass is 32.2. The molecule has 0 fully saturated rings. The number of aryl methyl sites for hydroxylation is 1. The minimum atomic E-state index is 0.0917. The Labute approximate surface area is 106 Å². The van der Waals surface area contributed by atoms with E-state index in [1.807, 2.05) is 54.2 Å². The predicted octanol–water partition coefficient (Wildman–Crippen LogP) is 3.37. The first-order valence-electron chi connectivity index (χ1n) is 5.62. The number of hydrogen-bond acceptors (Lipinski definition) is 2. The van der Waals surface area contributed by atoms with Crippen LogP contribution in [0, 0.1) is 0 Å². The van der Waals surface area contributed by atoms with Crippen LogP contribution in [0.15, 0.2) is 47.5 Å². The van der Waals surface area contributed by atoms with Crippen molar-refractivity contribution in [1.82, 2.24) is 4.57 Å². The van der Waals surface area contributed by atoms with E-state index in [0.717, 1.165) is 21.9 Å². The third-order valence-corrected chi connectivity index (χ3v) is 3.56. The van der Waals surface area contributed by atoms with Crippen LogP contribution in [0.5, 0.6) is 0 Å². The Kier molecular flexibility index (Phi) is 3.69. The number of ketones is 1. The van der Waals surface area contributed by atoms with Crippen LogP contribution in [-0.2, 0) is 7.05 Å². The van der Waals surface area contributed by atoms with Gasteiger partial charge in [-0.1, -0.05) is 19.1 Å². The Bertz CT molecular complexity index is 531. The highest BCUT2D eigenvalue weighted by Gasteiger charge is 2.15. The molecule has 0 saturated heterocycles. The Morgan fingerprint density at radius 3 is 2.65 bits per heavy atom. The average molecular weight is 245 g/mol. The van der Waals surface area contributed by atoms with Gasteiger partial charge in [0.1, 0.15) is 0 Å². The summed E-state index contributed by atoms with van der Waals surface area (Å²) in [6.07, 6.45) is 1.89. The molecule has 1 heterocycles. The summed E-state index contributed by atoms with van der Waals surface area (Å²) in [5.41, 5.74) is 1.52. The van der Waals surface area contributed by atoms with Crippen molar-refractivity contribution in [3.8, 4) is 0 Å². The Hall–Kier alpha value is -1.48. The molecule has 0 unspecified atom stereocenters. The summed E-state index contributed by atoms with van der Waals surface area (Å²) in [4.78, 5) is 13.4. The second-order valence-electron chi connectivity index (χ2n) is 3.76. The first-order chi connectivity index (χ1) is 8.24. The quantitative estimate of drug-likeness (QED) is 0.608. The standard InChI is InChI=1S/C14H15NOS/c1-3-17-13-9-5-4-7-11(13)14(16)12-8-6-10-15(12)2/h4-10H,3H2,1-2H3. The molecule has 0 amide bonds. The summed E-state index contributed by atoms with van der Waals surface area (Å²) in [6, 6.07) is 11.5. The van der Waals surface area contributed by atoms with E-state index >= 15 is 0 Å². The fraction of sp³-hybridized carbons (Fsp3) is 0.214. The molecule has 0 aliphatic heterocycles. The summed E-state index contributed by atoms with van der Waals surface area (Å²) in [5, 5.41) is 0. The molecule has 88 valence electrons. The lowest BCUT2D eigenvalue weighted by atomic mass is 10.1. The van der Waals surface area contributed by atoms with E-state index in [0.29, 0.717) is 0 Å². The fourth-order valence-corrected chi connectivity index (χ4v) is 2.57. The Balaban J connectivity index is 2.40. The van der Waals surface area contributed by atoms with Gasteiger partial charge in [0, 0.05) is 23.7 Å². The van der Waals surface area contributed by atoms with Crippen molar-refractivity contribution in [2.24, 2.45) is 7.05 Å². The smallest absolute Gasteiger partial charge is 0.210 e. The van der Waals surface area contributed by atoms with Crippen LogP contribution in [0.4, 0.5) is 0 Å². The highest BCUT2D eigenvalue weighted by Crippen LogP contribution is 2.24. The maximum absolute atomic E-state index is 12.4. The first-order valence-corrected chi connectivity index (χ1v) is 6.60. The minimum absolute atomic E-state index is 0.0917. The maximum atomic E-state index is 12.4. The van der Waals surface area contributed by atoms with Crippen LogP contribution < -0.4 is 0 Å². The van der Waals surface area contributed by atoms with Crippen LogP contribution in [-0.4, -0.2) is 16.1 Å². The molecule has 0 radical (unpaired) electrons. The van der Waals surface area contributed by atoms with Crippen LogP contribution >= 0.6 is 11.8 Å². The Morgan fingerprint density at radius 2 is 2.00 bits per heavy atom. The van der Waals surface area contributed by atoms with Crippen LogP contribution in [0.2, 0.25) is 0 Å². The second kappa shape index (κ2) is 5.23. The summed E-state index contributed by atoms with van der Waals surface area (Å²) >= 11 is 1.70. The van der Waals surface area contributed by atoms with E-state index in [1.165, 1.54) is 0 Å².